The molecular weight excluding hydrogens is 260 g/mol. The van der Waals surface area contributed by atoms with Gasteiger partial charge in [0.15, 0.2) is 5.96 Å². The Balaban J connectivity index is 2.72. The smallest absolute Gasteiger partial charge is 0.326 e. The maximum Gasteiger partial charge on any atom is 0.326 e. The van der Waals surface area contributed by atoms with Crippen LogP contribution in [0.2, 0.25) is 0 Å². The molecule has 1 rings (SSSR count). The third kappa shape index (κ3) is 3.59. The van der Waals surface area contributed by atoms with Crippen molar-refractivity contribution >= 4 is 33.6 Å². The van der Waals surface area contributed by atoms with Gasteiger partial charge in [0.25, 0.3) is 0 Å². The first kappa shape index (κ1) is 11.5. The second-order valence-corrected chi connectivity index (χ2v) is 3.83. The van der Waals surface area contributed by atoms with Crippen LogP contribution < -0.4 is 16.4 Å². The van der Waals surface area contributed by atoms with Gasteiger partial charge in [-0.25, -0.2) is 4.79 Å². The summed E-state index contributed by atoms with van der Waals surface area (Å²) in [4.78, 5) is 11.2. The monoisotopic (exact) mass is 270 g/mol. The van der Waals surface area contributed by atoms with Crippen LogP contribution in [0, 0.1) is 12.3 Å². The number of anilines is 1. The standard InChI is InChI=1S/C9H11BrN4O/c1-5-2-3-7(6(10)4-5)13-9(15)14-8(11)12/h2-4H,1H3,(H5,11,12,13,14,15). The van der Waals surface area contributed by atoms with E-state index in [0.717, 1.165) is 10.0 Å². The summed E-state index contributed by atoms with van der Waals surface area (Å²) < 4.78 is 0.779. The molecule has 0 spiro atoms. The van der Waals surface area contributed by atoms with E-state index in [4.69, 9.17) is 11.1 Å². The first-order valence-corrected chi connectivity index (χ1v) is 4.96. The minimum Gasteiger partial charge on any atom is -0.370 e. The van der Waals surface area contributed by atoms with Gasteiger partial charge < -0.3 is 11.1 Å². The predicted octanol–water partition coefficient (Wildman–Crippen LogP) is 1.77. The molecule has 0 aromatic heterocycles. The molecule has 5 nitrogen and oxygen atoms in total. The second kappa shape index (κ2) is 4.79. The molecule has 0 radical (unpaired) electrons. The van der Waals surface area contributed by atoms with Gasteiger partial charge in [-0.1, -0.05) is 6.07 Å². The summed E-state index contributed by atoms with van der Waals surface area (Å²) in [5.74, 6) is -0.393. The van der Waals surface area contributed by atoms with E-state index in [1.165, 1.54) is 0 Å². The van der Waals surface area contributed by atoms with Crippen molar-refractivity contribution in [1.82, 2.24) is 5.32 Å². The predicted molar refractivity (Wildman–Crippen MR) is 62.9 cm³/mol. The van der Waals surface area contributed by atoms with Crippen LogP contribution in [0.4, 0.5) is 10.5 Å². The normalized spacial score (nSPS) is 9.47. The van der Waals surface area contributed by atoms with Crippen LogP contribution in [0.3, 0.4) is 0 Å². The van der Waals surface area contributed by atoms with E-state index in [1.807, 2.05) is 19.1 Å². The molecule has 0 fully saturated rings. The van der Waals surface area contributed by atoms with Gasteiger partial charge >= 0.3 is 6.03 Å². The lowest BCUT2D eigenvalue weighted by Crippen LogP contribution is -2.38. The van der Waals surface area contributed by atoms with Gasteiger partial charge in [-0.3, -0.25) is 10.7 Å². The molecule has 5 N–H and O–H groups in total. The van der Waals surface area contributed by atoms with E-state index in [2.05, 4.69) is 26.6 Å². The number of guanidine groups is 1. The number of urea groups is 1. The fraction of sp³-hybridized carbons (Fsp3) is 0.111. The van der Waals surface area contributed by atoms with Crippen molar-refractivity contribution in [3.63, 3.8) is 0 Å². The molecule has 6 heteroatoms. The maximum atomic E-state index is 11.2. The molecule has 0 unspecified atom stereocenters. The molecule has 0 saturated carbocycles. The minimum absolute atomic E-state index is 0.393. The SMILES string of the molecule is Cc1ccc(NC(=O)NC(=N)N)c(Br)c1. The lowest BCUT2D eigenvalue weighted by atomic mass is 10.2. The number of halogens is 1. The Labute approximate surface area is 95.7 Å². The summed E-state index contributed by atoms with van der Waals surface area (Å²) in [5.41, 5.74) is 6.72. The molecule has 80 valence electrons. The van der Waals surface area contributed by atoms with Crippen molar-refractivity contribution in [1.29, 1.82) is 5.41 Å². The Kier molecular flexibility index (Phi) is 3.68. The van der Waals surface area contributed by atoms with E-state index >= 15 is 0 Å². The topological polar surface area (TPSA) is 91.0 Å². The number of hydrogen-bond donors (Lipinski definition) is 4. The number of carbonyl (C=O) groups is 1. The van der Waals surface area contributed by atoms with Crippen molar-refractivity contribution in [2.24, 2.45) is 5.73 Å². The van der Waals surface area contributed by atoms with E-state index in [0.29, 0.717) is 5.69 Å². The zero-order valence-electron chi connectivity index (χ0n) is 8.10. The lowest BCUT2D eigenvalue weighted by Gasteiger charge is -2.08. The summed E-state index contributed by atoms with van der Waals surface area (Å²) in [6, 6.07) is 4.98. The van der Waals surface area contributed by atoms with Gasteiger partial charge in [0.1, 0.15) is 0 Å². The molecule has 0 saturated heterocycles. The third-order valence-electron chi connectivity index (χ3n) is 1.62. The average molecular weight is 271 g/mol. The molecule has 0 atom stereocenters. The minimum atomic E-state index is -0.535. The van der Waals surface area contributed by atoms with Crippen molar-refractivity contribution in [2.75, 3.05) is 5.32 Å². The van der Waals surface area contributed by atoms with Crippen LogP contribution in [-0.4, -0.2) is 12.0 Å². The average Bonchev–Trinajstić information content (AvgIpc) is 2.08. The number of hydrogen-bond acceptors (Lipinski definition) is 2. The second-order valence-electron chi connectivity index (χ2n) is 2.98. The third-order valence-corrected chi connectivity index (χ3v) is 2.28. The Hall–Kier alpha value is -1.56. The highest BCUT2D eigenvalue weighted by Crippen LogP contribution is 2.22. The van der Waals surface area contributed by atoms with Crippen molar-refractivity contribution in [2.45, 2.75) is 6.92 Å². The summed E-state index contributed by atoms with van der Waals surface area (Å²) in [7, 11) is 0. The van der Waals surface area contributed by atoms with Crippen molar-refractivity contribution in [3.05, 3.63) is 28.2 Å². The van der Waals surface area contributed by atoms with E-state index in [1.54, 1.807) is 6.07 Å². The van der Waals surface area contributed by atoms with E-state index in [-0.39, 0.29) is 0 Å². The van der Waals surface area contributed by atoms with Crippen molar-refractivity contribution < 1.29 is 4.79 Å². The number of nitrogens with two attached hydrogens (primary N) is 1. The van der Waals surface area contributed by atoms with Gasteiger partial charge in [-0.05, 0) is 40.5 Å². The van der Waals surface area contributed by atoms with Gasteiger partial charge in [0, 0.05) is 4.47 Å². The molecule has 1 aromatic rings. The number of carbonyl (C=O) groups excluding carboxylic acids is 1. The lowest BCUT2D eigenvalue weighted by molar-refractivity contribution is 0.256. The zero-order chi connectivity index (χ0) is 11.4. The number of benzene rings is 1. The fourth-order valence-electron chi connectivity index (χ4n) is 0.997. The molecule has 1 aromatic carbocycles. The molecule has 15 heavy (non-hydrogen) atoms. The van der Waals surface area contributed by atoms with Crippen molar-refractivity contribution in [3.8, 4) is 0 Å². The van der Waals surface area contributed by atoms with E-state index < -0.39 is 12.0 Å². The maximum absolute atomic E-state index is 11.2. The number of amides is 2. The zero-order valence-corrected chi connectivity index (χ0v) is 9.68. The van der Waals surface area contributed by atoms with Crippen LogP contribution in [0.25, 0.3) is 0 Å². The molecule has 0 aliphatic rings. The number of aryl methyl sites for hydroxylation is 1. The largest absolute Gasteiger partial charge is 0.370 e. The van der Waals surface area contributed by atoms with Gasteiger partial charge in [0.05, 0.1) is 5.69 Å². The first-order valence-electron chi connectivity index (χ1n) is 4.17. The molecular formula is C9H11BrN4O. The summed E-state index contributed by atoms with van der Waals surface area (Å²) in [5, 5.41) is 11.5. The highest BCUT2D eigenvalue weighted by molar-refractivity contribution is 9.10. The fourth-order valence-corrected chi connectivity index (χ4v) is 1.59. The number of nitrogens with one attached hydrogen (secondary N) is 3. The Morgan fingerprint density at radius 2 is 2.20 bits per heavy atom. The van der Waals surface area contributed by atoms with Gasteiger partial charge in [0.2, 0.25) is 0 Å². The quantitative estimate of drug-likeness (QED) is 0.463. The van der Waals surface area contributed by atoms with Crippen LogP contribution in [-0.2, 0) is 0 Å². The summed E-state index contributed by atoms with van der Waals surface area (Å²) in [6.07, 6.45) is 0. The Bertz CT molecular complexity index is 405. The Morgan fingerprint density at radius 1 is 1.53 bits per heavy atom. The molecule has 0 bridgehead atoms. The van der Waals surface area contributed by atoms with Crippen LogP contribution >= 0.6 is 15.9 Å². The number of rotatable bonds is 1. The summed E-state index contributed by atoms with van der Waals surface area (Å²) in [6.45, 7) is 1.95. The van der Waals surface area contributed by atoms with Crippen LogP contribution in [0.15, 0.2) is 22.7 Å². The molecule has 0 heterocycles. The van der Waals surface area contributed by atoms with Gasteiger partial charge in [-0.2, -0.15) is 0 Å². The van der Waals surface area contributed by atoms with E-state index in [9.17, 15) is 4.79 Å². The summed E-state index contributed by atoms with van der Waals surface area (Å²) >= 11 is 3.31. The highest BCUT2D eigenvalue weighted by atomic mass is 79.9. The molecule has 0 aliphatic carbocycles. The van der Waals surface area contributed by atoms with Crippen LogP contribution in [0.1, 0.15) is 5.56 Å². The van der Waals surface area contributed by atoms with Gasteiger partial charge in [-0.15, -0.1) is 0 Å². The first-order chi connectivity index (χ1) is 6.99. The molecule has 2 amide bonds. The highest BCUT2D eigenvalue weighted by Gasteiger charge is 2.05. The Morgan fingerprint density at radius 3 is 2.73 bits per heavy atom. The molecule has 0 aliphatic heterocycles. The van der Waals surface area contributed by atoms with Crippen LogP contribution in [0.5, 0.6) is 0 Å².